The van der Waals surface area contributed by atoms with E-state index in [0.29, 0.717) is 18.0 Å². The van der Waals surface area contributed by atoms with Crippen molar-refractivity contribution in [1.82, 2.24) is 14.7 Å². The van der Waals surface area contributed by atoms with Crippen LogP contribution < -0.4 is 9.47 Å². The Morgan fingerprint density at radius 3 is 2.80 bits per heavy atom. The van der Waals surface area contributed by atoms with Gasteiger partial charge < -0.3 is 14.4 Å². The molecule has 1 fully saturated rings. The molecule has 2 aliphatic rings. The molecule has 0 N–H and O–H groups in total. The molecule has 3 heterocycles. The van der Waals surface area contributed by atoms with E-state index in [1.807, 2.05) is 36.1 Å². The lowest BCUT2D eigenvalue weighted by atomic mass is 10.0. The molecule has 1 amide bonds. The van der Waals surface area contributed by atoms with Gasteiger partial charge in [-0.15, -0.1) is 0 Å². The summed E-state index contributed by atoms with van der Waals surface area (Å²) >= 11 is 0. The van der Waals surface area contributed by atoms with Crippen LogP contribution in [-0.4, -0.2) is 46.4 Å². The smallest absolute Gasteiger partial charge is 0.267 e. The average Bonchev–Trinajstić information content (AvgIpc) is 2.99. The largest absolute Gasteiger partial charge is 0.485 e. The summed E-state index contributed by atoms with van der Waals surface area (Å²) in [4.78, 5) is 14.8. The van der Waals surface area contributed by atoms with Gasteiger partial charge in [0.25, 0.3) is 5.91 Å². The first-order valence-corrected chi connectivity index (χ1v) is 8.82. The van der Waals surface area contributed by atoms with Crippen LogP contribution in [0.25, 0.3) is 0 Å². The highest BCUT2D eigenvalue weighted by atomic mass is 16.6. The average molecular weight is 341 g/mol. The molecule has 6 nitrogen and oxygen atoms in total. The summed E-state index contributed by atoms with van der Waals surface area (Å²) < 4.78 is 13.6. The van der Waals surface area contributed by atoms with Gasteiger partial charge in [0.05, 0.1) is 11.7 Å². The van der Waals surface area contributed by atoms with Gasteiger partial charge in [0.2, 0.25) is 6.10 Å². The number of fused-ring (bicyclic) bond motifs is 1. The zero-order chi connectivity index (χ0) is 17.4. The van der Waals surface area contributed by atoms with E-state index in [1.54, 1.807) is 0 Å². The van der Waals surface area contributed by atoms with Gasteiger partial charge in [-0.25, -0.2) is 0 Å². The minimum absolute atomic E-state index is 0.000680. The maximum Gasteiger partial charge on any atom is 0.267 e. The highest BCUT2D eigenvalue weighted by Crippen LogP contribution is 2.32. The fourth-order valence-corrected chi connectivity index (χ4v) is 3.72. The standard InChI is InChI=1S/C19H23N3O3/c1-13-10-14(2)22(20-13)15-6-5-9-21(11-15)19(23)18-12-24-16-7-3-4-8-17(16)25-18/h3-4,7-8,10,15,18H,5-6,9,11-12H2,1-2H3. The van der Waals surface area contributed by atoms with Crippen molar-refractivity contribution in [1.29, 1.82) is 0 Å². The lowest BCUT2D eigenvalue weighted by Crippen LogP contribution is -2.50. The number of amides is 1. The third-order valence-electron chi connectivity index (χ3n) is 4.88. The molecule has 6 heteroatoms. The van der Waals surface area contributed by atoms with E-state index in [4.69, 9.17) is 9.47 Å². The van der Waals surface area contributed by atoms with Crippen molar-refractivity contribution in [2.24, 2.45) is 0 Å². The van der Waals surface area contributed by atoms with Crippen molar-refractivity contribution in [3.05, 3.63) is 41.7 Å². The Morgan fingerprint density at radius 2 is 2.04 bits per heavy atom. The molecule has 0 bridgehead atoms. The van der Waals surface area contributed by atoms with Gasteiger partial charge in [-0.05, 0) is 44.9 Å². The predicted molar refractivity (Wildman–Crippen MR) is 92.9 cm³/mol. The molecule has 4 rings (SSSR count). The predicted octanol–water partition coefficient (Wildman–Crippen LogP) is 2.50. The van der Waals surface area contributed by atoms with E-state index in [0.717, 1.165) is 30.8 Å². The lowest BCUT2D eigenvalue weighted by Gasteiger charge is -2.36. The zero-order valence-electron chi connectivity index (χ0n) is 14.6. The number of hydrogen-bond acceptors (Lipinski definition) is 4. The Kier molecular flexibility index (Phi) is 4.11. The Hall–Kier alpha value is -2.50. The number of ether oxygens (including phenoxy) is 2. The van der Waals surface area contributed by atoms with E-state index in [1.165, 1.54) is 0 Å². The fourth-order valence-electron chi connectivity index (χ4n) is 3.72. The maximum absolute atomic E-state index is 12.9. The van der Waals surface area contributed by atoms with E-state index in [2.05, 4.69) is 22.8 Å². The van der Waals surface area contributed by atoms with Crippen LogP contribution in [-0.2, 0) is 4.79 Å². The monoisotopic (exact) mass is 341 g/mol. The highest BCUT2D eigenvalue weighted by molar-refractivity contribution is 5.82. The van der Waals surface area contributed by atoms with Crippen LogP contribution in [0, 0.1) is 13.8 Å². The normalized spacial score (nSPS) is 22.7. The van der Waals surface area contributed by atoms with Crippen molar-refractivity contribution in [3.63, 3.8) is 0 Å². The minimum atomic E-state index is -0.575. The summed E-state index contributed by atoms with van der Waals surface area (Å²) in [5.41, 5.74) is 2.16. The number of carbonyl (C=O) groups is 1. The quantitative estimate of drug-likeness (QED) is 0.842. The number of hydrogen-bond donors (Lipinski definition) is 0. The molecule has 0 aliphatic carbocycles. The van der Waals surface area contributed by atoms with Crippen LogP contribution in [0.15, 0.2) is 30.3 Å². The van der Waals surface area contributed by atoms with Crippen LogP contribution in [0.2, 0.25) is 0 Å². The molecule has 1 aromatic heterocycles. The van der Waals surface area contributed by atoms with E-state index in [9.17, 15) is 4.79 Å². The number of piperidine rings is 1. The topological polar surface area (TPSA) is 56.6 Å². The molecule has 0 spiro atoms. The van der Waals surface area contributed by atoms with Crippen LogP contribution >= 0.6 is 0 Å². The zero-order valence-corrected chi connectivity index (χ0v) is 14.6. The Balaban J connectivity index is 1.46. The van der Waals surface area contributed by atoms with Crippen molar-refractivity contribution >= 4 is 5.91 Å². The highest BCUT2D eigenvalue weighted by Gasteiger charge is 2.34. The number of carbonyl (C=O) groups excluding carboxylic acids is 1. The van der Waals surface area contributed by atoms with Crippen LogP contribution in [0.3, 0.4) is 0 Å². The van der Waals surface area contributed by atoms with Crippen molar-refractivity contribution in [3.8, 4) is 11.5 Å². The molecule has 2 aliphatic heterocycles. The second-order valence-corrected chi connectivity index (χ2v) is 6.82. The van der Waals surface area contributed by atoms with Gasteiger partial charge >= 0.3 is 0 Å². The summed E-state index contributed by atoms with van der Waals surface area (Å²) in [5, 5.41) is 4.59. The number of aryl methyl sites for hydroxylation is 2. The molecule has 132 valence electrons. The number of likely N-dealkylation sites (tertiary alicyclic amines) is 1. The SMILES string of the molecule is Cc1cc(C)n(C2CCCN(C(=O)C3COc4ccccc4O3)C2)n1. The molecule has 1 saturated heterocycles. The lowest BCUT2D eigenvalue weighted by molar-refractivity contribution is -0.143. The van der Waals surface area contributed by atoms with Gasteiger partial charge in [-0.2, -0.15) is 5.10 Å². The van der Waals surface area contributed by atoms with Gasteiger partial charge in [0, 0.05) is 18.8 Å². The molecular weight excluding hydrogens is 318 g/mol. The van der Waals surface area contributed by atoms with Gasteiger partial charge in [0.15, 0.2) is 11.5 Å². The number of para-hydroxylation sites is 2. The maximum atomic E-state index is 12.9. The molecule has 0 radical (unpaired) electrons. The number of aromatic nitrogens is 2. The second kappa shape index (κ2) is 6.43. The summed E-state index contributed by atoms with van der Waals surface area (Å²) in [7, 11) is 0. The number of benzene rings is 1. The van der Waals surface area contributed by atoms with Gasteiger partial charge in [0.1, 0.15) is 6.61 Å². The first-order chi connectivity index (χ1) is 12.1. The van der Waals surface area contributed by atoms with Crippen LogP contribution in [0.5, 0.6) is 11.5 Å². The van der Waals surface area contributed by atoms with E-state index in [-0.39, 0.29) is 18.6 Å². The number of nitrogens with zero attached hydrogens (tertiary/aromatic N) is 3. The molecule has 2 unspecified atom stereocenters. The van der Waals surface area contributed by atoms with Gasteiger partial charge in [-0.3, -0.25) is 9.48 Å². The summed E-state index contributed by atoms with van der Waals surface area (Å²) in [6, 6.07) is 9.78. The van der Waals surface area contributed by atoms with Gasteiger partial charge in [-0.1, -0.05) is 12.1 Å². The van der Waals surface area contributed by atoms with Crippen molar-refractivity contribution < 1.29 is 14.3 Å². The third kappa shape index (κ3) is 3.08. The molecule has 2 atom stereocenters. The Labute approximate surface area is 147 Å². The molecule has 1 aromatic carbocycles. The second-order valence-electron chi connectivity index (χ2n) is 6.82. The van der Waals surface area contributed by atoms with Crippen molar-refractivity contribution in [2.45, 2.75) is 38.8 Å². The molecule has 0 saturated carbocycles. The van der Waals surface area contributed by atoms with Crippen LogP contribution in [0.4, 0.5) is 0 Å². The van der Waals surface area contributed by atoms with E-state index >= 15 is 0 Å². The first-order valence-electron chi connectivity index (χ1n) is 8.82. The summed E-state index contributed by atoms with van der Waals surface area (Å²) in [5.74, 6) is 1.34. The van der Waals surface area contributed by atoms with Crippen molar-refractivity contribution in [2.75, 3.05) is 19.7 Å². The first kappa shape index (κ1) is 16.0. The molecule has 2 aromatic rings. The summed E-state index contributed by atoms with van der Waals surface area (Å²) in [6.07, 6.45) is 1.43. The Morgan fingerprint density at radius 1 is 1.24 bits per heavy atom. The fraction of sp³-hybridized carbons (Fsp3) is 0.474. The molecule has 25 heavy (non-hydrogen) atoms. The third-order valence-corrected chi connectivity index (χ3v) is 4.88. The van der Waals surface area contributed by atoms with Crippen LogP contribution in [0.1, 0.15) is 30.3 Å². The number of rotatable bonds is 2. The molecular formula is C19H23N3O3. The minimum Gasteiger partial charge on any atom is -0.485 e. The Bertz CT molecular complexity index is 786. The van der Waals surface area contributed by atoms with E-state index < -0.39 is 6.10 Å². The summed E-state index contributed by atoms with van der Waals surface area (Å²) in [6.45, 7) is 5.76.